The van der Waals surface area contributed by atoms with Gasteiger partial charge in [0.1, 0.15) is 12.4 Å². The van der Waals surface area contributed by atoms with E-state index in [4.69, 9.17) is 0 Å². The molecule has 1 heterocycles. The van der Waals surface area contributed by atoms with Crippen LogP contribution < -0.4 is 0 Å². The predicted octanol–water partition coefficient (Wildman–Crippen LogP) is 3.95. The molecule has 0 saturated heterocycles. The lowest BCUT2D eigenvalue weighted by Crippen LogP contribution is -2.10. The van der Waals surface area contributed by atoms with Gasteiger partial charge in [-0.1, -0.05) is 19.1 Å². The highest BCUT2D eigenvalue weighted by Crippen LogP contribution is 2.29. The van der Waals surface area contributed by atoms with Crippen LogP contribution in [0.2, 0.25) is 0 Å². The van der Waals surface area contributed by atoms with Gasteiger partial charge in [-0.15, -0.1) is 0 Å². The molecule has 0 fully saturated rings. The zero-order valence-corrected chi connectivity index (χ0v) is 16.6. The highest BCUT2D eigenvalue weighted by Gasteiger charge is 2.18. The molecule has 0 saturated carbocycles. The summed E-state index contributed by atoms with van der Waals surface area (Å²) in [4.78, 5) is 11.5. The average molecular weight is 403 g/mol. The van der Waals surface area contributed by atoms with Gasteiger partial charge in [-0.25, -0.2) is 12.8 Å². The van der Waals surface area contributed by atoms with Gasteiger partial charge in [-0.05, 0) is 61.2 Å². The Kier molecular flexibility index (Phi) is 5.56. The molecule has 0 aliphatic rings. The Bertz CT molecular complexity index is 1130. The number of aromatic nitrogens is 1. The van der Waals surface area contributed by atoms with Crippen LogP contribution in [0.15, 0.2) is 47.4 Å². The molecular weight excluding hydrogens is 381 g/mol. The third-order valence-electron chi connectivity index (χ3n) is 4.85. The molecular formula is C21H22FNO4S. The lowest BCUT2D eigenvalue weighted by Gasteiger charge is -2.07. The monoisotopic (exact) mass is 403 g/mol. The summed E-state index contributed by atoms with van der Waals surface area (Å²) in [7, 11) is -3.28. The number of aliphatic carboxylic acids is 1. The summed E-state index contributed by atoms with van der Waals surface area (Å²) in [5.74, 6) is -1.25. The van der Waals surface area contributed by atoms with Gasteiger partial charge in [0.15, 0.2) is 9.84 Å². The van der Waals surface area contributed by atoms with Crippen LogP contribution in [0.1, 0.15) is 30.2 Å². The van der Waals surface area contributed by atoms with E-state index in [-0.39, 0.29) is 23.0 Å². The van der Waals surface area contributed by atoms with E-state index < -0.39 is 15.8 Å². The number of sulfone groups is 1. The highest BCUT2D eigenvalue weighted by molar-refractivity contribution is 7.91. The summed E-state index contributed by atoms with van der Waals surface area (Å²) >= 11 is 0. The summed E-state index contributed by atoms with van der Waals surface area (Å²) in [5, 5.41) is 9.87. The molecule has 1 N–H and O–H groups in total. The van der Waals surface area contributed by atoms with Crippen molar-refractivity contribution in [3.63, 3.8) is 0 Å². The Morgan fingerprint density at radius 1 is 1.14 bits per heavy atom. The molecule has 0 aliphatic carbocycles. The van der Waals surface area contributed by atoms with Gasteiger partial charge in [-0.3, -0.25) is 4.79 Å². The maximum Gasteiger partial charge on any atom is 0.323 e. The minimum Gasteiger partial charge on any atom is -0.480 e. The molecule has 1 aromatic heterocycles. The number of benzene rings is 2. The molecule has 3 aromatic rings. The number of hydrogen-bond donors (Lipinski definition) is 1. The minimum absolute atomic E-state index is 0.105. The summed E-state index contributed by atoms with van der Waals surface area (Å²) in [6, 6.07) is 11.0. The van der Waals surface area contributed by atoms with Crippen LogP contribution in [-0.4, -0.2) is 29.8 Å². The Labute approximate surface area is 163 Å². The van der Waals surface area contributed by atoms with Gasteiger partial charge in [0.2, 0.25) is 0 Å². The summed E-state index contributed by atoms with van der Waals surface area (Å²) < 4.78 is 39.8. The Hall–Kier alpha value is -2.67. The number of fused-ring (bicyclic) bond motifs is 1. The van der Waals surface area contributed by atoms with Crippen molar-refractivity contribution in [2.75, 3.05) is 5.75 Å². The number of halogens is 1. The first-order valence-electron chi connectivity index (χ1n) is 9.03. The minimum atomic E-state index is -3.28. The molecule has 0 amide bonds. The van der Waals surface area contributed by atoms with Crippen LogP contribution in [0.3, 0.4) is 0 Å². The van der Waals surface area contributed by atoms with Gasteiger partial charge < -0.3 is 9.67 Å². The second kappa shape index (κ2) is 7.75. The molecule has 0 unspecified atom stereocenters. The van der Waals surface area contributed by atoms with Crippen LogP contribution >= 0.6 is 0 Å². The maximum atomic E-state index is 13.8. The maximum absolute atomic E-state index is 13.8. The molecule has 0 radical (unpaired) electrons. The predicted molar refractivity (Wildman–Crippen MR) is 106 cm³/mol. The van der Waals surface area contributed by atoms with Crippen molar-refractivity contribution in [3.8, 4) is 0 Å². The van der Waals surface area contributed by atoms with Gasteiger partial charge in [0, 0.05) is 16.6 Å². The van der Waals surface area contributed by atoms with Crippen LogP contribution in [-0.2, 0) is 27.6 Å². The van der Waals surface area contributed by atoms with Crippen molar-refractivity contribution < 1.29 is 22.7 Å². The van der Waals surface area contributed by atoms with Gasteiger partial charge >= 0.3 is 5.97 Å². The number of nitrogens with zero attached hydrogens (tertiary/aromatic N) is 1. The highest BCUT2D eigenvalue weighted by atomic mass is 32.2. The smallest absolute Gasteiger partial charge is 0.323 e. The number of hydrogen-bond acceptors (Lipinski definition) is 3. The molecule has 2 aromatic carbocycles. The van der Waals surface area contributed by atoms with Crippen molar-refractivity contribution in [1.82, 2.24) is 4.57 Å². The topological polar surface area (TPSA) is 76.4 Å². The Morgan fingerprint density at radius 2 is 1.82 bits per heavy atom. The number of carbonyl (C=O) groups is 1. The van der Waals surface area contributed by atoms with E-state index >= 15 is 0 Å². The van der Waals surface area contributed by atoms with Crippen molar-refractivity contribution in [2.45, 2.75) is 38.1 Å². The second-order valence-electron chi connectivity index (χ2n) is 6.84. The van der Waals surface area contributed by atoms with Crippen molar-refractivity contribution in [3.05, 3.63) is 65.1 Å². The number of carboxylic acids is 1. The normalized spacial score (nSPS) is 11.8. The fourth-order valence-electron chi connectivity index (χ4n) is 3.49. The molecule has 0 spiro atoms. The number of rotatable bonds is 7. The second-order valence-corrected chi connectivity index (χ2v) is 8.95. The molecule has 0 atom stereocenters. The average Bonchev–Trinajstić information content (AvgIpc) is 2.87. The van der Waals surface area contributed by atoms with E-state index in [1.807, 2.05) is 13.8 Å². The summed E-state index contributed by atoms with van der Waals surface area (Å²) in [6.07, 6.45) is 1.00. The quantitative estimate of drug-likeness (QED) is 0.648. The van der Waals surface area contributed by atoms with Crippen LogP contribution in [0.25, 0.3) is 10.9 Å². The third-order valence-corrected chi connectivity index (χ3v) is 6.78. The van der Waals surface area contributed by atoms with Crippen molar-refractivity contribution in [1.29, 1.82) is 0 Å². The lowest BCUT2D eigenvalue weighted by molar-refractivity contribution is -0.137. The van der Waals surface area contributed by atoms with Crippen molar-refractivity contribution >= 4 is 26.7 Å². The fourth-order valence-corrected chi connectivity index (χ4v) is 4.82. The van der Waals surface area contributed by atoms with Crippen LogP contribution in [0, 0.1) is 12.7 Å². The van der Waals surface area contributed by atoms with E-state index in [1.54, 1.807) is 34.9 Å². The summed E-state index contributed by atoms with van der Waals surface area (Å²) in [5.41, 5.74) is 3.13. The molecule has 3 rings (SSSR count). The molecule has 0 aliphatic heterocycles. The third kappa shape index (κ3) is 3.94. The van der Waals surface area contributed by atoms with Crippen molar-refractivity contribution in [2.24, 2.45) is 0 Å². The SMILES string of the molecule is CCCS(=O)(=O)c1ccc(Cc2c(C)n(CC(=O)O)c3ccc(F)cc23)cc1. The molecule has 5 nitrogen and oxygen atoms in total. The zero-order chi connectivity index (χ0) is 20.5. The van der Waals surface area contributed by atoms with E-state index in [9.17, 15) is 22.7 Å². The largest absolute Gasteiger partial charge is 0.480 e. The molecule has 148 valence electrons. The Morgan fingerprint density at radius 3 is 2.43 bits per heavy atom. The van der Waals surface area contributed by atoms with Gasteiger partial charge in [0.05, 0.1) is 10.6 Å². The molecule has 0 bridgehead atoms. The van der Waals surface area contributed by atoms with Gasteiger partial charge in [-0.2, -0.15) is 0 Å². The van der Waals surface area contributed by atoms with E-state index in [0.717, 1.165) is 16.8 Å². The van der Waals surface area contributed by atoms with E-state index in [1.165, 1.54) is 12.1 Å². The first-order valence-corrected chi connectivity index (χ1v) is 10.7. The molecule has 7 heteroatoms. The first-order chi connectivity index (χ1) is 13.2. The molecule has 28 heavy (non-hydrogen) atoms. The zero-order valence-electron chi connectivity index (χ0n) is 15.8. The fraction of sp³-hybridized carbons (Fsp3) is 0.286. The van der Waals surface area contributed by atoms with Gasteiger partial charge in [0.25, 0.3) is 0 Å². The van der Waals surface area contributed by atoms with Crippen LogP contribution in [0.5, 0.6) is 0 Å². The lowest BCUT2D eigenvalue weighted by atomic mass is 10.0. The van der Waals surface area contributed by atoms with E-state index in [0.29, 0.717) is 23.7 Å². The standard InChI is InChI=1S/C21H22FNO4S/c1-3-10-28(26,27)17-7-4-15(5-8-17)11-18-14(2)23(13-21(24)25)20-9-6-16(22)12-19(18)20/h4-9,12H,3,10-11,13H2,1-2H3,(H,24,25). The van der Waals surface area contributed by atoms with Crippen LogP contribution in [0.4, 0.5) is 4.39 Å². The number of carboxylic acid groups (broad SMARTS) is 1. The Balaban J connectivity index is 2.01. The first kappa shape index (κ1) is 20.1. The van der Waals surface area contributed by atoms with E-state index in [2.05, 4.69) is 0 Å². The summed E-state index contributed by atoms with van der Waals surface area (Å²) in [6.45, 7) is 3.43.